The van der Waals surface area contributed by atoms with E-state index in [1.54, 1.807) is 0 Å². The molecule has 2 aromatic rings. The van der Waals surface area contributed by atoms with E-state index in [0.717, 1.165) is 8.95 Å². The molecule has 0 aromatic heterocycles. The van der Waals surface area contributed by atoms with Crippen molar-refractivity contribution < 1.29 is 0 Å². The summed E-state index contributed by atoms with van der Waals surface area (Å²) in [5.41, 5.74) is 5.76. The molecule has 0 saturated carbocycles. The summed E-state index contributed by atoms with van der Waals surface area (Å²) >= 11 is 7.25. The number of hydrogen-bond acceptors (Lipinski definition) is 0. The smallest absolute Gasteiger partial charge is 0.0178 e. The first-order valence-electron chi connectivity index (χ1n) is 6.85. The fourth-order valence-corrected chi connectivity index (χ4v) is 4.17. The number of hydrogen-bond donors (Lipinski definition) is 0. The van der Waals surface area contributed by atoms with Crippen molar-refractivity contribution in [3.05, 3.63) is 67.6 Å². The van der Waals surface area contributed by atoms with E-state index < -0.39 is 0 Å². The maximum absolute atomic E-state index is 3.62. The molecule has 0 aliphatic heterocycles. The van der Waals surface area contributed by atoms with Gasteiger partial charge in [0.05, 0.1) is 0 Å². The Kier molecular flexibility index (Phi) is 3.19. The first kappa shape index (κ1) is 14.3. The normalized spacial score (nSPS) is 18.3. The van der Waals surface area contributed by atoms with Gasteiger partial charge in [-0.2, -0.15) is 0 Å². The van der Waals surface area contributed by atoms with Crippen LogP contribution in [0.2, 0.25) is 0 Å². The van der Waals surface area contributed by atoms with Crippen LogP contribution in [-0.4, -0.2) is 0 Å². The average Bonchev–Trinajstić information content (AvgIpc) is 2.36. The summed E-state index contributed by atoms with van der Waals surface area (Å²) in [6.45, 7) is 9.28. The van der Waals surface area contributed by atoms with E-state index in [1.165, 1.54) is 22.3 Å². The molecule has 0 heterocycles. The lowest BCUT2D eigenvalue weighted by Gasteiger charge is -2.44. The molecule has 20 heavy (non-hydrogen) atoms. The zero-order valence-electron chi connectivity index (χ0n) is 12.2. The maximum Gasteiger partial charge on any atom is 0.0178 e. The van der Waals surface area contributed by atoms with Gasteiger partial charge in [-0.05, 0) is 46.5 Å². The molecule has 0 saturated heterocycles. The highest BCUT2D eigenvalue weighted by atomic mass is 79.9. The van der Waals surface area contributed by atoms with Gasteiger partial charge in [0.1, 0.15) is 0 Å². The lowest BCUT2D eigenvalue weighted by Crippen LogP contribution is -2.36. The topological polar surface area (TPSA) is 0 Å². The summed E-state index contributed by atoms with van der Waals surface area (Å²) in [6, 6.07) is 13.4. The lowest BCUT2D eigenvalue weighted by atomic mass is 9.60. The molecule has 0 N–H and O–H groups in total. The minimum Gasteiger partial charge on any atom is -0.0567 e. The highest BCUT2D eigenvalue weighted by Crippen LogP contribution is 2.50. The van der Waals surface area contributed by atoms with E-state index in [9.17, 15) is 0 Å². The van der Waals surface area contributed by atoms with E-state index in [2.05, 4.69) is 96.0 Å². The SMILES string of the molecule is CC1(C)c2ccc(Br)cc2C(C)(C)c2cc(Br)ccc21. The van der Waals surface area contributed by atoms with E-state index in [4.69, 9.17) is 0 Å². The third-order valence-corrected chi connectivity index (χ3v) is 5.64. The largest absolute Gasteiger partial charge is 0.0567 e. The van der Waals surface area contributed by atoms with Crippen molar-refractivity contribution in [3.63, 3.8) is 0 Å². The Bertz CT molecular complexity index is 639. The fourth-order valence-electron chi connectivity index (χ4n) is 3.45. The molecule has 0 fully saturated rings. The molecule has 0 bridgehead atoms. The monoisotopic (exact) mass is 392 g/mol. The van der Waals surface area contributed by atoms with Gasteiger partial charge in [0.15, 0.2) is 0 Å². The molecular formula is C18H18Br2. The Hall–Kier alpha value is -0.600. The van der Waals surface area contributed by atoms with Crippen LogP contribution in [-0.2, 0) is 10.8 Å². The molecule has 1 aliphatic rings. The van der Waals surface area contributed by atoms with Crippen molar-refractivity contribution in [3.8, 4) is 0 Å². The Balaban J connectivity index is 2.40. The second-order valence-electron chi connectivity index (χ2n) is 6.63. The molecule has 2 heteroatoms. The van der Waals surface area contributed by atoms with Crippen LogP contribution in [0.25, 0.3) is 0 Å². The van der Waals surface area contributed by atoms with Gasteiger partial charge in [0.2, 0.25) is 0 Å². The van der Waals surface area contributed by atoms with Gasteiger partial charge in [0.25, 0.3) is 0 Å². The fraction of sp³-hybridized carbons (Fsp3) is 0.333. The van der Waals surface area contributed by atoms with E-state index in [-0.39, 0.29) is 10.8 Å². The Morgan fingerprint density at radius 2 is 0.950 bits per heavy atom. The van der Waals surface area contributed by atoms with Crippen molar-refractivity contribution in [2.24, 2.45) is 0 Å². The second-order valence-corrected chi connectivity index (χ2v) is 8.46. The number of fused-ring (bicyclic) bond motifs is 2. The third kappa shape index (κ3) is 1.92. The Labute approximate surface area is 137 Å². The molecule has 0 unspecified atom stereocenters. The summed E-state index contributed by atoms with van der Waals surface area (Å²) in [7, 11) is 0. The number of halogens is 2. The van der Waals surface area contributed by atoms with Gasteiger partial charge in [-0.25, -0.2) is 0 Å². The summed E-state index contributed by atoms with van der Waals surface area (Å²) < 4.78 is 2.30. The van der Waals surface area contributed by atoms with Crippen molar-refractivity contribution in [2.75, 3.05) is 0 Å². The predicted octanol–water partition coefficient (Wildman–Crippen LogP) is 6.18. The molecule has 0 radical (unpaired) electrons. The first-order valence-corrected chi connectivity index (χ1v) is 8.44. The van der Waals surface area contributed by atoms with Gasteiger partial charge >= 0.3 is 0 Å². The van der Waals surface area contributed by atoms with E-state index in [1.807, 2.05) is 0 Å². The maximum atomic E-state index is 3.62. The predicted molar refractivity (Wildman–Crippen MR) is 92.5 cm³/mol. The third-order valence-electron chi connectivity index (χ3n) is 4.66. The molecular weight excluding hydrogens is 376 g/mol. The van der Waals surface area contributed by atoms with Crippen LogP contribution in [0.1, 0.15) is 49.9 Å². The lowest BCUT2D eigenvalue weighted by molar-refractivity contribution is 0.520. The van der Waals surface area contributed by atoms with Crippen LogP contribution in [0.5, 0.6) is 0 Å². The number of benzene rings is 2. The zero-order chi connectivity index (χ0) is 14.7. The minimum absolute atomic E-state index is 0.0216. The minimum atomic E-state index is 0.0216. The summed E-state index contributed by atoms with van der Waals surface area (Å²) in [5, 5.41) is 0. The molecule has 0 atom stereocenters. The Morgan fingerprint density at radius 1 is 0.600 bits per heavy atom. The molecule has 0 spiro atoms. The standard InChI is InChI=1S/C18H18Br2/c1-17(2)13-7-5-11(19)9-15(13)18(3,4)16-10-12(20)6-8-14(16)17/h5-10H,1-4H3. The summed E-state index contributed by atoms with van der Waals surface area (Å²) in [4.78, 5) is 0. The molecule has 0 nitrogen and oxygen atoms in total. The van der Waals surface area contributed by atoms with Crippen molar-refractivity contribution in [2.45, 2.75) is 38.5 Å². The molecule has 104 valence electrons. The van der Waals surface area contributed by atoms with Crippen LogP contribution in [0.15, 0.2) is 45.3 Å². The first-order chi connectivity index (χ1) is 9.24. The van der Waals surface area contributed by atoms with Crippen molar-refractivity contribution in [1.29, 1.82) is 0 Å². The quantitative estimate of drug-likeness (QED) is 0.501. The van der Waals surface area contributed by atoms with Gasteiger partial charge in [0, 0.05) is 19.8 Å². The van der Waals surface area contributed by atoms with Crippen LogP contribution < -0.4 is 0 Å². The molecule has 1 aliphatic carbocycles. The van der Waals surface area contributed by atoms with Crippen LogP contribution in [0.3, 0.4) is 0 Å². The van der Waals surface area contributed by atoms with E-state index in [0.29, 0.717) is 0 Å². The van der Waals surface area contributed by atoms with Gasteiger partial charge in [-0.3, -0.25) is 0 Å². The van der Waals surface area contributed by atoms with Crippen molar-refractivity contribution >= 4 is 31.9 Å². The molecule has 0 amide bonds. The van der Waals surface area contributed by atoms with Crippen LogP contribution >= 0.6 is 31.9 Å². The van der Waals surface area contributed by atoms with Gasteiger partial charge < -0.3 is 0 Å². The average molecular weight is 394 g/mol. The van der Waals surface area contributed by atoms with E-state index >= 15 is 0 Å². The van der Waals surface area contributed by atoms with Crippen LogP contribution in [0.4, 0.5) is 0 Å². The van der Waals surface area contributed by atoms with Gasteiger partial charge in [-0.1, -0.05) is 71.7 Å². The highest BCUT2D eigenvalue weighted by molar-refractivity contribution is 9.10. The zero-order valence-corrected chi connectivity index (χ0v) is 15.4. The highest BCUT2D eigenvalue weighted by Gasteiger charge is 2.41. The summed E-state index contributed by atoms with van der Waals surface area (Å²) in [5.74, 6) is 0. The number of rotatable bonds is 0. The van der Waals surface area contributed by atoms with Gasteiger partial charge in [-0.15, -0.1) is 0 Å². The van der Waals surface area contributed by atoms with Crippen LogP contribution in [0, 0.1) is 0 Å². The van der Waals surface area contributed by atoms with Crippen molar-refractivity contribution in [1.82, 2.24) is 0 Å². The summed E-state index contributed by atoms with van der Waals surface area (Å²) in [6.07, 6.45) is 0. The second kappa shape index (κ2) is 4.45. The molecule has 2 aromatic carbocycles. The Morgan fingerprint density at radius 3 is 1.35 bits per heavy atom. The molecule has 3 rings (SSSR count).